The van der Waals surface area contributed by atoms with Crippen LogP contribution in [0.5, 0.6) is 0 Å². The van der Waals surface area contributed by atoms with Crippen LogP contribution in [0.15, 0.2) is 24.3 Å². The van der Waals surface area contributed by atoms with E-state index in [0.29, 0.717) is 5.69 Å². The summed E-state index contributed by atoms with van der Waals surface area (Å²) in [5.74, 6) is -1.48. The molecule has 0 aromatic heterocycles. The first kappa shape index (κ1) is 15.2. The Hall–Kier alpha value is -2.15. The van der Waals surface area contributed by atoms with Crippen LogP contribution in [0.4, 0.5) is 14.9 Å². The molecule has 2 amide bonds. The van der Waals surface area contributed by atoms with Crippen LogP contribution in [0.2, 0.25) is 0 Å². The van der Waals surface area contributed by atoms with Gasteiger partial charge in [0.25, 0.3) is 0 Å². The second-order valence-electron chi connectivity index (χ2n) is 5.00. The molecule has 1 aliphatic heterocycles. The molecule has 1 heterocycles. The van der Waals surface area contributed by atoms with E-state index in [4.69, 9.17) is 5.11 Å². The van der Waals surface area contributed by atoms with Crippen LogP contribution >= 0.6 is 0 Å². The van der Waals surface area contributed by atoms with Crippen molar-refractivity contribution in [3.8, 4) is 0 Å². The molecule has 1 saturated heterocycles. The third kappa shape index (κ3) is 4.71. The van der Waals surface area contributed by atoms with Crippen LogP contribution in [-0.2, 0) is 4.79 Å². The monoisotopic (exact) mass is 295 g/mol. The van der Waals surface area contributed by atoms with Crippen molar-refractivity contribution in [2.75, 3.05) is 25.0 Å². The average Bonchev–Trinajstić information content (AvgIpc) is 2.93. The maximum Gasteiger partial charge on any atom is 0.327 e. The minimum Gasteiger partial charge on any atom is -0.480 e. The van der Waals surface area contributed by atoms with E-state index < -0.39 is 23.9 Å². The summed E-state index contributed by atoms with van der Waals surface area (Å²) in [5, 5.41) is 14.1. The van der Waals surface area contributed by atoms with Gasteiger partial charge in [0.2, 0.25) is 0 Å². The van der Waals surface area contributed by atoms with Crippen molar-refractivity contribution in [2.45, 2.75) is 18.9 Å². The molecule has 3 N–H and O–H groups in total. The third-order valence-corrected chi connectivity index (χ3v) is 3.34. The molecule has 1 unspecified atom stereocenters. The summed E-state index contributed by atoms with van der Waals surface area (Å²) in [6.45, 7) is 1.99. The Morgan fingerprint density at radius 3 is 2.43 bits per heavy atom. The first-order valence-electron chi connectivity index (χ1n) is 6.83. The number of anilines is 1. The lowest BCUT2D eigenvalue weighted by molar-refractivity contribution is -0.139. The Morgan fingerprint density at radius 2 is 1.86 bits per heavy atom. The van der Waals surface area contributed by atoms with Crippen LogP contribution in [-0.4, -0.2) is 47.7 Å². The predicted molar refractivity (Wildman–Crippen MR) is 75.7 cm³/mol. The zero-order chi connectivity index (χ0) is 15.2. The molecule has 0 spiro atoms. The lowest BCUT2D eigenvalue weighted by atomic mass is 10.2. The highest BCUT2D eigenvalue weighted by atomic mass is 19.1. The van der Waals surface area contributed by atoms with Crippen LogP contribution in [0.25, 0.3) is 0 Å². The standard InChI is InChI=1S/C14H18FN3O3/c15-10-3-5-11(6-4-10)16-14(21)17-12(13(19)20)9-18-7-1-2-8-18/h3-6,12H,1-2,7-9H2,(H,19,20)(H2,16,17,21). The van der Waals surface area contributed by atoms with E-state index in [2.05, 4.69) is 10.6 Å². The number of carboxylic acids is 1. The predicted octanol–water partition coefficient (Wildman–Crippen LogP) is 1.50. The van der Waals surface area contributed by atoms with Gasteiger partial charge < -0.3 is 20.6 Å². The van der Waals surface area contributed by atoms with Gasteiger partial charge in [-0.2, -0.15) is 0 Å². The number of hydrogen-bond acceptors (Lipinski definition) is 3. The Kier molecular flexibility index (Phi) is 5.10. The highest BCUT2D eigenvalue weighted by Gasteiger charge is 2.24. The Balaban J connectivity index is 1.88. The summed E-state index contributed by atoms with van der Waals surface area (Å²) in [4.78, 5) is 25.0. The summed E-state index contributed by atoms with van der Waals surface area (Å²) in [6.07, 6.45) is 2.10. The van der Waals surface area contributed by atoms with Gasteiger partial charge in [-0.15, -0.1) is 0 Å². The second-order valence-corrected chi connectivity index (χ2v) is 5.00. The van der Waals surface area contributed by atoms with Crippen LogP contribution in [0.1, 0.15) is 12.8 Å². The maximum atomic E-state index is 12.8. The number of halogens is 1. The minimum atomic E-state index is -1.07. The first-order valence-corrected chi connectivity index (χ1v) is 6.83. The number of carboxylic acid groups (broad SMARTS) is 1. The van der Waals surface area contributed by atoms with E-state index in [-0.39, 0.29) is 6.54 Å². The molecular weight excluding hydrogens is 277 g/mol. The van der Waals surface area contributed by atoms with Gasteiger partial charge in [-0.1, -0.05) is 0 Å². The average molecular weight is 295 g/mol. The van der Waals surface area contributed by atoms with Crippen molar-refractivity contribution in [3.05, 3.63) is 30.1 Å². The van der Waals surface area contributed by atoms with Gasteiger partial charge in [0.15, 0.2) is 0 Å². The third-order valence-electron chi connectivity index (χ3n) is 3.34. The molecule has 2 rings (SSSR count). The molecule has 7 heteroatoms. The Morgan fingerprint density at radius 1 is 1.24 bits per heavy atom. The van der Waals surface area contributed by atoms with E-state index >= 15 is 0 Å². The number of rotatable bonds is 5. The molecule has 1 fully saturated rings. The van der Waals surface area contributed by atoms with E-state index in [1.54, 1.807) is 0 Å². The van der Waals surface area contributed by atoms with Gasteiger partial charge in [-0.25, -0.2) is 14.0 Å². The Labute approximate surface area is 121 Å². The number of aliphatic carboxylic acids is 1. The number of carbonyl (C=O) groups is 2. The van der Waals surface area contributed by atoms with E-state index in [1.165, 1.54) is 24.3 Å². The number of nitrogens with one attached hydrogen (secondary N) is 2. The molecule has 0 aliphatic carbocycles. The Bertz CT molecular complexity index is 501. The molecule has 1 aromatic carbocycles. The molecule has 6 nitrogen and oxygen atoms in total. The quantitative estimate of drug-likeness (QED) is 0.769. The van der Waals surface area contributed by atoms with E-state index in [9.17, 15) is 14.0 Å². The molecule has 21 heavy (non-hydrogen) atoms. The molecule has 0 bridgehead atoms. The number of carbonyl (C=O) groups excluding carboxylic acids is 1. The van der Waals surface area contributed by atoms with Crippen molar-refractivity contribution in [1.29, 1.82) is 0 Å². The molecule has 114 valence electrons. The van der Waals surface area contributed by atoms with Crippen LogP contribution in [0, 0.1) is 5.82 Å². The number of amides is 2. The van der Waals surface area contributed by atoms with Gasteiger partial charge in [-0.05, 0) is 50.2 Å². The lowest BCUT2D eigenvalue weighted by Crippen LogP contribution is -2.49. The van der Waals surface area contributed by atoms with Crippen molar-refractivity contribution >= 4 is 17.7 Å². The number of likely N-dealkylation sites (tertiary alicyclic amines) is 1. The molecule has 1 atom stereocenters. The summed E-state index contributed by atoms with van der Waals surface area (Å²) in [7, 11) is 0. The van der Waals surface area contributed by atoms with Crippen molar-refractivity contribution in [3.63, 3.8) is 0 Å². The lowest BCUT2D eigenvalue weighted by Gasteiger charge is -2.21. The van der Waals surface area contributed by atoms with Crippen molar-refractivity contribution in [2.24, 2.45) is 0 Å². The molecule has 1 aromatic rings. The second kappa shape index (κ2) is 7.03. The van der Waals surface area contributed by atoms with Crippen LogP contribution in [0.3, 0.4) is 0 Å². The topological polar surface area (TPSA) is 81.7 Å². The summed E-state index contributed by atoms with van der Waals surface area (Å²) >= 11 is 0. The highest BCUT2D eigenvalue weighted by Crippen LogP contribution is 2.09. The number of nitrogens with zero attached hydrogens (tertiary/aromatic N) is 1. The number of hydrogen-bond donors (Lipinski definition) is 3. The maximum absolute atomic E-state index is 12.8. The fourth-order valence-electron chi connectivity index (χ4n) is 2.27. The van der Waals surface area contributed by atoms with Crippen molar-refractivity contribution in [1.82, 2.24) is 10.2 Å². The van der Waals surface area contributed by atoms with Crippen LogP contribution < -0.4 is 10.6 Å². The van der Waals surface area contributed by atoms with Gasteiger partial charge in [0, 0.05) is 12.2 Å². The highest BCUT2D eigenvalue weighted by molar-refractivity contribution is 5.92. The van der Waals surface area contributed by atoms with Gasteiger partial charge in [0.05, 0.1) is 0 Å². The largest absolute Gasteiger partial charge is 0.480 e. The smallest absolute Gasteiger partial charge is 0.327 e. The fraction of sp³-hybridized carbons (Fsp3) is 0.429. The molecule has 1 aliphatic rings. The number of urea groups is 1. The normalized spacial score (nSPS) is 16.4. The SMILES string of the molecule is O=C(Nc1ccc(F)cc1)NC(CN1CCCC1)C(=O)O. The van der Waals surface area contributed by atoms with Crippen molar-refractivity contribution < 1.29 is 19.1 Å². The molecule has 0 radical (unpaired) electrons. The summed E-state index contributed by atoms with van der Waals surface area (Å²) in [5.41, 5.74) is 0.402. The molecule has 0 saturated carbocycles. The number of benzene rings is 1. The van der Waals surface area contributed by atoms with E-state index in [0.717, 1.165) is 25.9 Å². The van der Waals surface area contributed by atoms with Gasteiger partial charge in [-0.3, -0.25) is 0 Å². The zero-order valence-electron chi connectivity index (χ0n) is 11.5. The van der Waals surface area contributed by atoms with Gasteiger partial charge in [0.1, 0.15) is 11.9 Å². The molecular formula is C14H18FN3O3. The minimum absolute atomic E-state index is 0.284. The fourth-order valence-corrected chi connectivity index (χ4v) is 2.27. The first-order chi connectivity index (χ1) is 10.0. The van der Waals surface area contributed by atoms with E-state index in [1.807, 2.05) is 4.90 Å². The zero-order valence-corrected chi connectivity index (χ0v) is 11.5. The summed E-state index contributed by atoms with van der Waals surface area (Å²) < 4.78 is 12.8. The summed E-state index contributed by atoms with van der Waals surface area (Å²) in [6, 6.07) is 3.66. The van der Waals surface area contributed by atoms with Gasteiger partial charge >= 0.3 is 12.0 Å².